The van der Waals surface area contributed by atoms with Gasteiger partial charge in [-0.3, -0.25) is 9.52 Å². The van der Waals surface area contributed by atoms with Crippen LogP contribution in [0.5, 0.6) is 5.75 Å². The third kappa shape index (κ3) is 6.79. The van der Waals surface area contributed by atoms with E-state index in [1.807, 2.05) is 19.0 Å². The fourth-order valence-corrected chi connectivity index (χ4v) is 4.34. The van der Waals surface area contributed by atoms with Gasteiger partial charge in [-0.05, 0) is 74.3 Å². The Kier molecular flexibility index (Phi) is 8.25. The standard InChI is InChI=1S/C25H28FN3O4S/c1-28(2)15-16-29(18-19-7-9-21(26)10-8-19)25(30)20-5-4-6-24(17-20)34(31,32)27-22-11-13-23(33-3)14-12-22/h4-14,17,27H,15-16,18H2,1-3H3. The number of rotatable bonds is 10. The van der Waals surface area contributed by atoms with Crippen LogP contribution >= 0.6 is 0 Å². The van der Waals surface area contributed by atoms with Gasteiger partial charge in [-0.25, -0.2) is 12.8 Å². The molecular formula is C25H28FN3O4S. The minimum Gasteiger partial charge on any atom is -0.497 e. The quantitative estimate of drug-likeness (QED) is 0.472. The first-order valence-corrected chi connectivity index (χ1v) is 12.1. The number of amides is 1. The van der Waals surface area contributed by atoms with Crippen molar-refractivity contribution >= 4 is 21.6 Å². The molecule has 1 amide bonds. The predicted octanol–water partition coefficient (Wildman–Crippen LogP) is 3.84. The van der Waals surface area contributed by atoms with Crippen molar-refractivity contribution in [2.75, 3.05) is 39.0 Å². The van der Waals surface area contributed by atoms with Gasteiger partial charge in [0.05, 0.1) is 12.0 Å². The lowest BCUT2D eigenvalue weighted by molar-refractivity contribution is 0.0731. The van der Waals surface area contributed by atoms with Crippen LogP contribution < -0.4 is 9.46 Å². The fourth-order valence-electron chi connectivity index (χ4n) is 3.24. The molecule has 3 aromatic rings. The summed E-state index contributed by atoms with van der Waals surface area (Å²) in [6.45, 7) is 1.31. The third-order valence-electron chi connectivity index (χ3n) is 5.12. The van der Waals surface area contributed by atoms with Crippen molar-refractivity contribution in [1.29, 1.82) is 0 Å². The topological polar surface area (TPSA) is 78.9 Å². The highest BCUT2D eigenvalue weighted by Crippen LogP contribution is 2.21. The van der Waals surface area contributed by atoms with E-state index in [0.717, 1.165) is 5.56 Å². The molecule has 180 valence electrons. The van der Waals surface area contributed by atoms with Crippen molar-refractivity contribution in [2.24, 2.45) is 0 Å². The molecule has 0 aromatic heterocycles. The molecule has 0 fully saturated rings. The number of ether oxygens (including phenoxy) is 1. The van der Waals surface area contributed by atoms with Crippen molar-refractivity contribution < 1.29 is 22.3 Å². The van der Waals surface area contributed by atoms with Gasteiger partial charge in [0.25, 0.3) is 15.9 Å². The maximum Gasteiger partial charge on any atom is 0.261 e. The summed E-state index contributed by atoms with van der Waals surface area (Å²) in [5, 5.41) is 0. The van der Waals surface area contributed by atoms with Crippen LogP contribution in [0.2, 0.25) is 0 Å². The maximum atomic E-state index is 13.3. The van der Waals surface area contributed by atoms with E-state index in [1.165, 1.54) is 37.4 Å². The highest BCUT2D eigenvalue weighted by Gasteiger charge is 2.20. The smallest absolute Gasteiger partial charge is 0.261 e. The first-order valence-electron chi connectivity index (χ1n) is 10.6. The molecule has 9 heteroatoms. The second-order valence-corrected chi connectivity index (χ2v) is 9.70. The van der Waals surface area contributed by atoms with E-state index in [1.54, 1.807) is 47.4 Å². The van der Waals surface area contributed by atoms with Crippen LogP contribution in [0.25, 0.3) is 0 Å². The minimum absolute atomic E-state index is 0.0245. The first-order chi connectivity index (χ1) is 16.2. The summed E-state index contributed by atoms with van der Waals surface area (Å²) in [7, 11) is 1.41. The number of carbonyl (C=O) groups is 1. The molecule has 34 heavy (non-hydrogen) atoms. The average molecular weight is 486 g/mol. The lowest BCUT2D eigenvalue weighted by Crippen LogP contribution is -2.36. The molecule has 0 unspecified atom stereocenters. The largest absolute Gasteiger partial charge is 0.497 e. The van der Waals surface area contributed by atoms with Crippen molar-refractivity contribution in [2.45, 2.75) is 11.4 Å². The Morgan fingerprint density at radius 3 is 2.26 bits per heavy atom. The molecule has 0 heterocycles. The Bertz CT molecular complexity index is 1210. The number of nitrogens with one attached hydrogen (secondary N) is 1. The van der Waals surface area contributed by atoms with Gasteiger partial charge < -0.3 is 14.5 Å². The Morgan fingerprint density at radius 2 is 1.65 bits per heavy atom. The maximum absolute atomic E-state index is 13.3. The van der Waals surface area contributed by atoms with E-state index in [4.69, 9.17) is 4.74 Å². The van der Waals surface area contributed by atoms with E-state index >= 15 is 0 Å². The zero-order valence-corrected chi connectivity index (χ0v) is 20.2. The van der Waals surface area contributed by atoms with Crippen LogP contribution in [0.3, 0.4) is 0 Å². The molecule has 0 aliphatic heterocycles. The summed E-state index contributed by atoms with van der Waals surface area (Å²) in [6.07, 6.45) is 0. The summed E-state index contributed by atoms with van der Waals surface area (Å²) in [4.78, 5) is 16.9. The Balaban J connectivity index is 1.83. The van der Waals surface area contributed by atoms with Gasteiger partial charge in [-0.2, -0.15) is 0 Å². The van der Waals surface area contributed by atoms with Crippen LogP contribution in [0.15, 0.2) is 77.7 Å². The SMILES string of the molecule is COc1ccc(NS(=O)(=O)c2cccc(C(=O)N(CCN(C)C)Cc3ccc(F)cc3)c2)cc1. The molecule has 0 radical (unpaired) electrons. The third-order valence-corrected chi connectivity index (χ3v) is 6.50. The van der Waals surface area contributed by atoms with Gasteiger partial charge in [0, 0.05) is 30.9 Å². The zero-order chi connectivity index (χ0) is 24.7. The highest BCUT2D eigenvalue weighted by atomic mass is 32.2. The minimum atomic E-state index is -3.92. The normalized spacial score (nSPS) is 11.3. The Labute approximate surface area is 199 Å². The average Bonchev–Trinajstić information content (AvgIpc) is 2.83. The molecular weight excluding hydrogens is 457 g/mol. The van der Waals surface area contributed by atoms with Crippen molar-refractivity contribution in [3.05, 3.63) is 89.7 Å². The zero-order valence-electron chi connectivity index (χ0n) is 19.4. The number of carbonyl (C=O) groups excluding carboxylic acids is 1. The van der Waals surface area contributed by atoms with Crippen molar-refractivity contribution in [3.63, 3.8) is 0 Å². The number of benzene rings is 3. The van der Waals surface area contributed by atoms with E-state index < -0.39 is 10.0 Å². The van der Waals surface area contributed by atoms with E-state index in [-0.39, 0.29) is 28.7 Å². The van der Waals surface area contributed by atoms with E-state index in [9.17, 15) is 17.6 Å². The molecule has 0 saturated carbocycles. The van der Waals surface area contributed by atoms with Crippen LogP contribution in [-0.2, 0) is 16.6 Å². The molecule has 0 aliphatic carbocycles. The lowest BCUT2D eigenvalue weighted by atomic mass is 10.1. The van der Waals surface area contributed by atoms with Gasteiger partial charge in [0.1, 0.15) is 11.6 Å². The number of methoxy groups -OCH3 is 1. The van der Waals surface area contributed by atoms with Gasteiger partial charge >= 0.3 is 0 Å². The van der Waals surface area contributed by atoms with Crippen LogP contribution in [0.1, 0.15) is 15.9 Å². The second kappa shape index (κ2) is 11.1. The van der Waals surface area contributed by atoms with Crippen molar-refractivity contribution in [3.8, 4) is 5.75 Å². The van der Waals surface area contributed by atoms with Crippen LogP contribution in [0.4, 0.5) is 10.1 Å². The molecule has 3 aromatic carbocycles. The molecule has 0 spiro atoms. The highest BCUT2D eigenvalue weighted by molar-refractivity contribution is 7.92. The molecule has 1 N–H and O–H groups in total. The van der Waals surface area contributed by atoms with Gasteiger partial charge in [-0.1, -0.05) is 18.2 Å². The first kappa shape index (κ1) is 25.2. The molecule has 7 nitrogen and oxygen atoms in total. The fraction of sp³-hybridized carbons (Fsp3) is 0.240. The summed E-state index contributed by atoms with van der Waals surface area (Å²) in [5.41, 5.74) is 1.40. The number of anilines is 1. The number of nitrogens with zero attached hydrogens (tertiary/aromatic N) is 2. The van der Waals surface area contributed by atoms with Gasteiger partial charge in [0.15, 0.2) is 0 Å². The number of hydrogen-bond donors (Lipinski definition) is 1. The monoisotopic (exact) mass is 485 g/mol. The van der Waals surface area contributed by atoms with Crippen molar-refractivity contribution in [1.82, 2.24) is 9.80 Å². The summed E-state index contributed by atoms with van der Waals surface area (Å²) < 4.78 is 46.8. The summed E-state index contributed by atoms with van der Waals surface area (Å²) >= 11 is 0. The van der Waals surface area contributed by atoms with Crippen LogP contribution in [-0.4, -0.2) is 58.4 Å². The second-order valence-electron chi connectivity index (χ2n) is 8.02. The Morgan fingerprint density at radius 1 is 0.971 bits per heavy atom. The summed E-state index contributed by atoms with van der Waals surface area (Å²) in [6, 6.07) is 18.4. The number of hydrogen-bond acceptors (Lipinski definition) is 5. The number of halogens is 1. The summed E-state index contributed by atoms with van der Waals surface area (Å²) in [5.74, 6) is -0.0561. The van der Waals surface area contributed by atoms with Gasteiger partial charge in [-0.15, -0.1) is 0 Å². The molecule has 0 atom stereocenters. The molecule has 0 bridgehead atoms. The molecule has 0 aliphatic rings. The van der Waals surface area contributed by atoms with Gasteiger partial charge in [0.2, 0.25) is 0 Å². The number of sulfonamides is 1. The molecule has 3 rings (SSSR count). The van der Waals surface area contributed by atoms with E-state index in [2.05, 4.69) is 4.72 Å². The lowest BCUT2D eigenvalue weighted by Gasteiger charge is -2.25. The number of likely N-dealkylation sites (N-methyl/N-ethyl adjacent to an activating group) is 1. The Hall–Kier alpha value is -3.43. The van der Waals surface area contributed by atoms with E-state index in [0.29, 0.717) is 24.5 Å². The molecule has 0 saturated heterocycles. The predicted molar refractivity (Wildman–Crippen MR) is 130 cm³/mol. The van der Waals surface area contributed by atoms with Crippen LogP contribution in [0, 0.1) is 5.82 Å².